The van der Waals surface area contributed by atoms with Crippen molar-refractivity contribution in [3.63, 3.8) is 0 Å². The van der Waals surface area contributed by atoms with Gasteiger partial charge in [-0.05, 0) is 44.7 Å². The topological polar surface area (TPSA) is 3.24 Å². The van der Waals surface area contributed by atoms with Crippen molar-refractivity contribution < 1.29 is 0 Å². The predicted octanol–water partition coefficient (Wildman–Crippen LogP) is 1.88. The van der Waals surface area contributed by atoms with Crippen LogP contribution in [0, 0.1) is 5.92 Å². The highest BCUT2D eigenvalue weighted by Gasteiger charge is 2.21. The highest BCUT2D eigenvalue weighted by atomic mass is 15.1. The van der Waals surface area contributed by atoms with Gasteiger partial charge in [0.2, 0.25) is 0 Å². The van der Waals surface area contributed by atoms with E-state index >= 15 is 0 Å². The molecule has 1 heteroatoms. The summed E-state index contributed by atoms with van der Waals surface area (Å²) < 4.78 is 0. The number of nitrogens with zero attached hydrogens (tertiary/aromatic N) is 1. The van der Waals surface area contributed by atoms with Crippen molar-refractivity contribution in [3.05, 3.63) is 0 Å². The molecule has 2 heterocycles. The van der Waals surface area contributed by atoms with E-state index in [2.05, 4.69) is 4.90 Å². The van der Waals surface area contributed by atoms with E-state index in [0.29, 0.717) is 0 Å². The number of piperidine rings is 1. The molecule has 0 aromatic carbocycles. The van der Waals surface area contributed by atoms with Crippen molar-refractivity contribution >= 4 is 0 Å². The molecule has 0 N–H and O–H groups in total. The Kier molecular flexibility index (Phi) is 1.94. The van der Waals surface area contributed by atoms with E-state index in [1.807, 2.05) is 0 Å². The summed E-state index contributed by atoms with van der Waals surface area (Å²) >= 11 is 0. The van der Waals surface area contributed by atoms with Crippen LogP contribution in [0.1, 0.15) is 32.1 Å². The van der Waals surface area contributed by atoms with Crippen LogP contribution in [0.15, 0.2) is 0 Å². The zero-order valence-electron chi connectivity index (χ0n) is 6.68. The second kappa shape index (κ2) is 2.91. The van der Waals surface area contributed by atoms with E-state index in [4.69, 9.17) is 0 Å². The van der Waals surface area contributed by atoms with Crippen LogP contribution in [0.3, 0.4) is 0 Å². The lowest BCUT2D eigenvalue weighted by atomic mass is 9.95. The van der Waals surface area contributed by atoms with Crippen LogP contribution >= 0.6 is 0 Å². The van der Waals surface area contributed by atoms with Crippen molar-refractivity contribution in [1.29, 1.82) is 0 Å². The van der Waals surface area contributed by atoms with Crippen LogP contribution < -0.4 is 0 Å². The van der Waals surface area contributed by atoms with E-state index in [1.54, 1.807) is 0 Å². The Morgan fingerprint density at radius 3 is 2.70 bits per heavy atom. The van der Waals surface area contributed by atoms with Crippen molar-refractivity contribution in [1.82, 2.24) is 4.90 Å². The number of fused-ring (bicyclic) bond motifs is 2. The van der Waals surface area contributed by atoms with Crippen molar-refractivity contribution in [2.24, 2.45) is 5.92 Å². The lowest BCUT2D eigenvalue weighted by Crippen LogP contribution is -2.33. The lowest BCUT2D eigenvalue weighted by Gasteiger charge is -2.29. The summed E-state index contributed by atoms with van der Waals surface area (Å²) in [6, 6.07) is 0. The minimum atomic E-state index is 1.07. The summed E-state index contributed by atoms with van der Waals surface area (Å²) in [4.78, 5) is 2.65. The van der Waals surface area contributed by atoms with Crippen molar-refractivity contribution in [2.45, 2.75) is 32.1 Å². The van der Waals surface area contributed by atoms with E-state index in [0.717, 1.165) is 5.92 Å². The van der Waals surface area contributed by atoms with Gasteiger partial charge in [0.05, 0.1) is 0 Å². The summed E-state index contributed by atoms with van der Waals surface area (Å²) in [5.74, 6) is 1.07. The molecule has 2 rings (SSSR count). The normalized spacial score (nSPS) is 40.8. The van der Waals surface area contributed by atoms with Crippen LogP contribution in [0.4, 0.5) is 0 Å². The summed E-state index contributed by atoms with van der Waals surface area (Å²) in [5, 5.41) is 0. The van der Waals surface area contributed by atoms with Gasteiger partial charge in [0.1, 0.15) is 0 Å². The van der Waals surface area contributed by atoms with Crippen LogP contribution in [-0.2, 0) is 0 Å². The highest BCUT2D eigenvalue weighted by molar-refractivity contribution is 4.75. The van der Waals surface area contributed by atoms with Gasteiger partial charge >= 0.3 is 0 Å². The molecule has 0 aliphatic carbocycles. The first kappa shape index (κ1) is 6.66. The fourth-order valence-electron chi connectivity index (χ4n) is 2.36. The third-order valence-electron chi connectivity index (χ3n) is 2.94. The Labute approximate surface area is 63.4 Å². The van der Waals surface area contributed by atoms with Crippen molar-refractivity contribution in [2.75, 3.05) is 19.6 Å². The highest BCUT2D eigenvalue weighted by Crippen LogP contribution is 2.24. The minimum absolute atomic E-state index is 1.07. The summed E-state index contributed by atoms with van der Waals surface area (Å²) in [7, 11) is 0. The minimum Gasteiger partial charge on any atom is -0.303 e. The molecule has 0 aromatic rings. The molecule has 10 heavy (non-hydrogen) atoms. The summed E-state index contributed by atoms with van der Waals surface area (Å²) in [5.41, 5.74) is 0. The van der Waals surface area contributed by atoms with Crippen LogP contribution in [0.25, 0.3) is 0 Å². The fourth-order valence-corrected chi connectivity index (χ4v) is 2.36. The molecule has 2 fully saturated rings. The summed E-state index contributed by atoms with van der Waals surface area (Å²) in [6.45, 7) is 4.19. The van der Waals surface area contributed by atoms with Gasteiger partial charge in [0, 0.05) is 6.54 Å². The average molecular weight is 139 g/mol. The molecule has 2 unspecified atom stereocenters. The quantitative estimate of drug-likeness (QED) is 0.495. The largest absolute Gasteiger partial charge is 0.303 e. The van der Waals surface area contributed by atoms with E-state index < -0.39 is 0 Å². The Hall–Kier alpha value is -0.0400. The molecule has 2 atom stereocenters. The molecule has 0 radical (unpaired) electrons. The van der Waals surface area contributed by atoms with E-state index in [9.17, 15) is 0 Å². The standard InChI is InChI=1S/C9H17N/c1-2-6-10-7-3-5-9(4-1)8-10/h9H,1-8H2. The molecule has 0 aromatic heterocycles. The SMILES string of the molecule is C1CCN2CCCC(C1)C2. The van der Waals surface area contributed by atoms with E-state index in [-0.39, 0.29) is 0 Å². The smallest absolute Gasteiger partial charge is 0.000966 e. The van der Waals surface area contributed by atoms with Crippen LogP contribution in [-0.4, -0.2) is 24.5 Å². The second-order valence-electron chi connectivity index (χ2n) is 3.80. The van der Waals surface area contributed by atoms with E-state index in [1.165, 1.54) is 51.7 Å². The molecule has 1 nitrogen and oxygen atoms in total. The number of hydrogen-bond acceptors (Lipinski definition) is 1. The Balaban J connectivity index is 1.96. The summed E-state index contributed by atoms with van der Waals surface area (Å²) in [6.07, 6.45) is 7.43. The first-order valence-electron chi connectivity index (χ1n) is 4.67. The van der Waals surface area contributed by atoms with Gasteiger partial charge < -0.3 is 4.90 Å². The van der Waals surface area contributed by atoms with Gasteiger partial charge in [-0.2, -0.15) is 0 Å². The molecule has 0 amide bonds. The maximum Gasteiger partial charge on any atom is 0.000966 e. The Morgan fingerprint density at radius 1 is 0.900 bits per heavy atom. The lowest BCUT2D eigenvalue weighted by molar-refractivity contribution is 0.192. The number of rotatable bonds is 0. The first-order chi connectivity index (χ1) is 4.95. The molecule has 0 spiro atoms. The average Bonchev–Trinajstić information content (AvgIpc) is 2.12. The first-order valence-corrected chi connectivity index (χ1v) is 4.67. The Bertz CT molecular complexity index is 99.3. The third kappa shape index (κ3) is 1.34. The predicted molar refractivity (Wildman–Crippen MR) is 43.0 cm³/mol. The molecule has 2 bridgehead atoms. The monoisotopic (exact) mass is 139 g/mol. The molecular formula is C9H17N. The molecule has 58 valence electrons. The number of hydrogen-bond donors (Lipinski definition) is 0. The van der Waals surface area contributed by atoms with Crippen LogP contribution in [0.2, 0.25) is 0 Å². The molecule has 2 saturated heterocycles. The molecule has 2 aliphatic heterocycles. The second-order valence-corrected chi connectivity index (χ2v) is 3.80. The van der Waals surface area contributed by atoms with Gasteiger partial charge in [0.15, 0.2) is 0 Å². The maximum absolute atomic E-state index is 2.65. The molecular weight excluding hydrogens is 122 g/mol. The fraction of sp³-hybridized carbons (Fsp3) is 1.00. The maximum atomic E-state index is 2.65. The zero-order valence-corrected chi connectivity index (χ0v) is 6.68. The van der Waals surface area contributed by atoms with Gasteiger partial charge in [-0.25, -0.2) is 0 Å². The Morgan fingerprint density at radius 2 is 1.70 bits per heavy atom. The van der Waals surface area contributed by atoms with Gasteiger partial charge in [-0.1, -0.05) is 6.42 Å². The van der Waals surface area contributed by atoms with Gasteiger partial charge in [-0.3, -0.25) is 0 Å². The van der Waals surface area contributed by atoms with Gasteiger partial charge in [0.25, 0.3) is 0 Å². The molecule has 0 saturated carbocycles. The van der Waals surface area contributed by atoms with Crippen molar-refractivity contribution in [3.8, 4) is 0 Å². The van der Waals surface area contributed by atoms with Crippen LogP contribution in [0.5, 0.6) is 0 Å². The zero-order chi connectivity index (χ0) is 6.81. The third-order valence-corrected chi connectivity index (χ3v) is 2.94. The van der Waals surface area contributed by atoms with Gasteiger partial charge in [-0.15, -0.1) is 0 Å². The molecule has 2 aliphatic rings.